The Balaban J connectivity index is 3.74. The SMILES string of the molecule is C#CCC(CC)NCCC(C)(C)C#N. The molecule has 0 aliphatic heterocycles. The Morgan fingerprint density at radius 3 is 2.57 bits per heavy atom. The molecule has 0 fully saturated rings. The lowest BCUT2D eigenvalue weighted by molar-refractivity contribution is 0.404. The lowest BCUT2D eigenvalue weighted by atomic mass is 9.91. The predicted molar refractivity (Wildman–Crippen MR) is 59.5 cm³/mol. The number of hydrogen-bond acceptors (Lipinski definition) is 2. The van der Waals surface area contributed by atoms with E-state index >= 15 is 0 Å². The largest absolute Gasteiger partial charge is 0.313 e. The maximum absolute atomic E-state index is 8.81. The van der Waals surface area contributed by atoms with Crippen molar-refractivity contribution >= 4 is 0 Å². The van der Waals surface area contributed by atoms with Crippen LogP contribution < -0.4 is 5.32 Å². The van der Waals surface area contributed by atoms with E-state index < -0.39 is 0 Å². The van der Waals surface area contributed by atoms with Crippen LogP contribution in [0.1, 0.15) is 40.0 Å². The summed E-state index contributed by atoms with van der Waals surface area (Å²) in [5.41, 5.74) is -0.235. The second kappa shape index (κ2) is 6.46. The summed E-state index contributed by atoms with van der Waals surface area (Å²) < 4.78 is 0. The molecular weight excluding hydrogens is 172 g/mol. The predicted octanol–water partition coefficient (Wildman–Crippen LogP) is 2.32. The summed E-state index contributed by atoms with van der Waals surface area (Å²) in [4.78, 5) is 0. The van der Waals surface area contributed by atoms with E-state index in [-0.39, 0.29) is 5.41 Å². The van der Waals surface area contributed by atoms with Crippen LogP contribution in [-0.4, -0.2) is 12.6 Å². The van der Waals surface area contributed by atoms with E-state index in [0.29, 0.717) is 6.04 Å². The van der Waals surface area contributed by atoms with E-state index in [1.165, 1.54) is 0 Å². The van der Waals surface area contributed by atoms with Gasteiger partial charge in [-0.2, -0.15) is 5.26 Å². The summed E-state index contributed by atoms with van der Waals surface area (Å²) in [6.45, 7) is 6.89. The van der Waals surface area contributed by atoms with Gasteiger partial charge in [-0.3, -0.25) is 0 Å². The lowest BCUT2D eigenvalue weighted by Gasteiger charge is -2.18. The molecule has 14 heavy (non-hydrogen) atoms. The first kappa shape index (κ1) is 13.0. The van der Waals surface area contributed by atoms with Gasteiger partial charge in [0, 0.05) is 12.5 Å². The third kappa shape index (κ3) is 5.62. The number of nitrogens with one attached hydrogen (secondary N) is 1. The normalized spacial score (nSPS) is 12.9. The highest BCUT2D eigenvalue weighted by Gasteiger charge is 2.16. The highest BCUT2D eigenvalue weighted by molar-refractivity contribution is 4.93. The standard InChI is InChI=1S/C12H20N2/c1-5-7-11(6-2)14-9-8-12(3,4)10-13/h1,11,14H,6-9H2,2-4H3. The van der Waals surface area contributed by atoms with Crippen LogP contribution in [-0.2, 0) is 0 Å². The molecule has 1 atom stereocenters. The highest BCUT2D eigenvalue weighted by atomic mass is 14.9. The van der Waals surface area contributed by atoms with Crippen LogP contribution in [0.5, 0.6) is 0 Å². The summed E-state index contributed by atoms with van der Waals surface area (Å²) in [6.07, 6.45) is 7.92. The van der Waals surface area contributed by atoms with Gasteiger partial charge in [0.1, 0.15) is 0 Å². The maximum atomic E-state index is 8.81. The van der Waals surface area contributed by atoms with Crippen LogP contribution in [0.15, 0.2) is 0 Å². The molecule has 2 nitrogen and oxygen atoms in total. The Kier molecular flexibility index (Phi) is 6.00. The minimum Gasteiger partial charge on any atom is -0.313 e. The fourth-order valence-corrected chi connectivity index (χ4v) is 1.15. The van der Waals surface area contributed by atoms with Crippen molar-refractivity contribution in [2.24, 2.45) is 5.41 Å². The lowest BCUT2D eigenvalue weighted by Crippen LogP contribution is -2.31. The van der Waals surface area contributed by atoms with Gasteiger partial charge in [0.15, 0.2) is 0 Å². The van der Waals surface area contributed by atoms with Gasteiger partial charge in [0.2, 0.25) is 0 Å². The highest BCUT2D eigenvalue weighted by Crippen LogP contribution is 2.17. The first-order valence-electron chi connectivity index (χ1n) is 5.14. The van der Waals surface area contributed by atoms with Crippen molar-refractivity contribution in [3.05, 3.63) is 0 Å². The molecule has 0 rings (SSSR count). The third-order valence-electron chi connectivity index (χ3n) is 2.34. The molecule has 0 aromatic carbocycles. The molecule has 0 aromatic rings. The Labute approximate surface area is 87.7 Å². The number of rotatable bonds is 6. The van der Waals surface area contributed by atoms with Crippen molar-refractivity contribution < 1.29 is 0 Å². The molecular formula is C12H20N2. The van der Waals surface area contributed by atoms with Crippen molar-refractivity contribution in [2.45, 2.75) is 46.1 Å². The molecule has 0 aliphatic carbocycles. The first-order valence-corrected chi connectivity index (χ1v) is 5.14. The first-order chi connectivity index (χ1) is 6.55. The Bertz CT molecular complexity index is 230. The van der Waals surface area contributed by atoms with Gasteiger partial charge < -0.3 is 5.32 Å². The van der Waals surface area contributed by atoms with Gasteiger partial charge in [-0.15, -0.1) is 12.3 Å². The molecule has 0 bridgehead atoms. The van der Waals surface area contributed by atoms with E-state index in [1.54, 1.807) is 0 Å². The van der Waals surface area contributed by atoms with E-state index in [9.17, 15) is 0 Å². The van der Waals surface area contributed by atoms with Crippen LogP contribution in [0, 0.1) is 29.1 Å². The molecule has 0 radical (unpaired) electrons. The van der Waals surface area contributed by atoms with Gasteiger partial charge in [0.25, 0.3) is 0 Å². The van der Waals surface area contributed by atoms with Crippen molar-refractivity contribution in [1.29, 1.82) is 5.26 Å². The Morgan fingerprint density at radius 2 is 2.14 bits per heavy atom. The van der Waals surface area contributed by atoms with E-state index in [4.69, 9.17) is 11.7 Å². The van der Waals surface area contributed by atoms with Gasteiger partial charge in [-0.05, 0) is 33.2 Å². The van der Waals surface area contributed by atoms with Crippen LogP contribution in [0.4, 0.5) is 0 Å². The molecule has 0 aliphatic rings. The molecule has 78 valence electrons. The molecule has 0 spiro atoms. The monoisotopic (exact) mass is 192 g/mol. The minimum atomic E-state index is -0.235. The van der Waals surface area contributed by atoms with Gasteiger partial charge >= 0.3 is 0 Å². The maximum Gasteiger partial charge on any atom is 0.0684 e. The quantitative estimate of drug-likeness (QED) is 0.656. The topological polar surface area (TPSA) is 35.8 Å². The van der Waals surface area contributed by atoms with E-state index in [0.717, 1.165) is 25.8 Å². The molecule has 0 saturated heterocycles. The molecule has 2 heteroatoms. The van der Waals surface area contributed by atoms with Gasteiger partial charge in [-0.25, -0.2) is 0 Å². The van der Waals surface area contributed by atoms with Gasteiger partial charge in [0.05, 0.1) is 11.5 Å². The minimum absolute atomic E-state index is 0.235. The molecule has 1 unspecified atom stereocenters. The summed E-state index contributed by atoms with van der Waals surface area (Å²) in [7, 11) is 0. The number of hydrogen-bond donors (Lipinski definition) is 1. The summed E-state index contributed by atoms with van der Waals surface area (Å²) in [5.74, 6) is 2.65. The van der Waals surface area contributed by atoms with Crippen LogP contribution in [0.25, 0.3) is 0 Å². The van der Waals surface area contributed by atoms with Crippen LogP contribution in [0.3, 0.4) is 0 Å². The summed E-state index contributed by atoms with van der Waals surface area (Å²) >= 11 is 0. The fourth-order valence-electron chi connectivity index (χ4n) is 1.15. The fraction of sp³-hybridized carbons (Fsp3) is 0.750. The molecule has 0 aromatic heterocycles. The van der Waals surface area contributed by atoms with Crippen molar-refractivity contribution in [2.75, 3.05) is 6.54 Å². The molecule has 0 amide bonds. The summed E-state index contributed by atoms with van der Waals surface area (Å²) in [6, 6.07) is 2.68. The number of terminal acetylenes is 1. The molecule has 0 saturated carbocycles. The number of nitriles is 1. The Hall–Kier alpha value is -0.990. The molecule has 1 N–H and O–H groups in total. The van der Waals surface area contributed by atoms with E-state index in [2.05, 4.69) is 24.2 Å². The zero-order chi connectivity index (χ0) is 11.0. The Morgan fingerprint density at radius 1 is 1.50 bits per heavy atom. The van der Waals surface area contributed by atoms with Crippen molar-refractivity contribution in [1.82, 2.24) is 5.32 Å². The average molecular weight is 192 g/mol. The zero-order valence-corrected chi connectivity index (χ0v) is 9.43. The van der Waals surface area contributed by atoms with Crippen molar-refractivity contribution in [3.63, 3.8) is 0 Å². The summed E-state index contributed by atoms with van der Waals surface area (Å²) in [5, 5.41) is 12.2. The van der Waals surface area contributed by atoms with E-state index in [1.807, 2.05) is 13.8 Å². The molecule has 0 heterocycles. The smallest absolute Gasteiger partial charge is 0.0684 e. The van der Waals surface area contributed by atoms with Gasteiger partial charge in [-0.1, -0.05) is 6.92 Å². The second-order valence-corrected chi connectivity index (χ2v) is 4.21. The third-order valence-corrected chi connectivity index (χ3v) is 2.34. The van der Waals surface area contributed by atoms with Crippen molar-refractivity contribution in [3.8, 4) is 18.4 Å². The zero-order valence-electron chi connectivity index (χ0n) is 9.43. The average Bonchev–Trinajstić information content (AvgIpc) is 2.16. The second-order valence-electron chi connectivity index (χ2n) is 4.21. The van der Waals surface area contributed by atoms with Crippen LogP contribution >= 0.6 is 0 Å². The van der Waals surface area contributed by atoms with Crippen LogP contribution in [0.2, 0.25) is 0 Å². The number of nitrogens with zero attached hydrogens (tertiary/aromatic N) is 1.